The van der Waals surface area contributed by atoms with E-state index in [1.165, 1.54) is 23.1 Å². The molecule has 1 saturated heterocycles. The number of ether oxygens (including phenoxy) is 1. The summed E-state index contributed by atoms with van der Waals surface area (Å²) in [5.74, 6) is 1.62. The second kappa shape index (κ2) is 6.08. The Morgan fingerprint density at radius 3 is 2.95 bits per heavy atom. The van der Waals surface area contributed by atoms with Crippen molar-refractivity contribution in [3.63, 3.8) is 0 Å². The third-order valence-corrected chi connectivity index (χ3v) is 5.28. The van der Waals surface area contributed by atoms with Crippen LogP contribution in [0.25, 0.3) is 0 Å². The monoisotopic (exact) mass is 300 g/mol. The molecule has 2 nitrogen and oxygen atoms in total. The molecule has 1 aliphatic heterocycles. The van der Waals surface area contributed by atoms with Gasteiger partial charge in [-0.1, -0.05) is 23.8 Å². The number of furan rings is 1. The van der Waals surface area contributed by atoms with Gasteiger partial charge in [0.1, 0.15) is 5.76 Å². The minimum absolute atomic E-state index is 0.0438. The van der Waals surface area contributed by atoms with Crippen LogP contribution in [0.1, 0.15) is 57.8 Å². The van der Waals surface area contributed by atoms with Gasteiger partial charge in [0.25, 0.3) is 0 Å². The number of hydrogen-bond donors (Lipinski definition) is 0. The Hall–Kier alpha value is -1.28. The molecule has 1 aliphatic carbocycles. The summed E-state index contributed by atoms with van der Waals surface area (Å²) in [5.41, 5.74) is 4.04. The SMILES string of the molecule is C=C(C)[C@@H]1CC/C(C)=C/CCc2coc(c2)C[C@]2(C)O[C@H]2C1. The van der Waals surface area contributed by atoms with Crippen molar-refractivity contribution in [3.8, 4) is 0 Å². The molecular formula is C20H28O2. The molecule has 0 spiro atoms. The summed E-state index contributed by atoms with van der Waals surface area (Å²) >= 11 is 0. The van der Waals surface area contributed by atoms with E-state index < -0.39 is 0 Å². The Morgan fingerprint density at radius 1 is 1.36 bits per heavy atom. The first-order valence-corrected chi connectivity index (χ1v) is 8.51. The van der Waals surface area contributed by atoms with Crippen LogP contribution in [0.5, 0.6) is 0 Å². The van der Waals surface area contributed by atoms with Gasteiger partial charge in [0.05, 0.1) is 18.0 Å². The molecule has 0 N–H and O–H groups in total. The Labute approximate surface area is 134 Å². The number of epoxide rings is 1. The van der Waals surface area contributed by atoms with Crippen LogP contribution >= 0.6 is 0 Å². The molecule has 3 rings (SSSR count). The van der Waals surface area contributed by atoms with Gasteiger partial charge in [0.15, 0.2) is 0 Å². The Morgan fingerprint density at radius 2 is 2.18 bits per heavy atom. The number of allylic oxidation sites excluding steroid dienone is 3. The van der Waals surface area contributed by atoms with Gasteiger partial charge in [-0.2, -0.15) is 0 Å². The molecule has 0 radical (unpaired) electrons. The van der Waals surface area contributed by atoms with E-state index in [1.807, 2.05) is 6.26 Å². The Bertz CT molecular complexity index is 580. The van der Waals surface area contributed by atoms with Crippen LogP contribution in [-0.2, 0) is 17.6 Å². The van der Waals surface area contributed by atoms with Crippen LogP contribution in [-0.4, -0.2) is 11.7 Å². The van der Waals surface area contributed by atoms with Crippen LogP contribution < -0.4 is 0 Å². The molecule has 1 fully saturated rings. The largest absolute Gasteiger partial charge is 0.469 e. The van der Waals surface area contributed by atoms with Gasteiger partial charge >= 0.3 is 0 Å². The van der Waals surface area contributed by atoms with Crippen LogP contribution in [0.15, 0.2) is 40.5 Å². The number of fused-ring (bicyclic) bond motifs is 3. The fourth-order valence-corrected chi connectivity index (χ4v) is 3.55. The van der Waals surface area contributed by atoms with E-state index in [1.54, 1.807) is 0 Å². The average Bonchev–Trinajstić information content (AvgIpc) is 2.86. The van der Waals surface area contributed by atoms with Crippen molar-refractivity contribution in [2.45, 2.75) is 71.0 Å². The zero-order chi connectivity index (χ0) is 15.7. The van der Waals surface area contributed by atoms with Gasteiger partial charge in [-0.05, 0) is 70.4 Å². The van der Waals surface area contributed by atoms with Gasteiger partial charge in [-0.3, -0.25) is 0 Å². The molecule has 0 amide bonds. The van der Waals surface area contributed by atoms with E-state index >= 15 is 0 Å². The maximum absolute atomic E-state index is 6.04. The summed E-state index contributed by atoms with van der Waals surface area (Å²) < 4.78 is 11.8. The highest BCUT2D eigenvalue weighted by Gasteiger charge is 2.53. The van der Waals surface area contributed by atoms with Crippen molar-refractivity contribution >= 4 is 0 Å². The van der Waals surface area contributed by atoms with Crippen LogP contribution in [0.2, 0.25) is 0 Å². The van der Waals surface area contributed by atoms with Crippen LogP contribution in [0.3, 0.4) is 0 Å². The second-order valence-corrected chi connectivity index (χ2v) is 7.42. The van der Waals surface area contributed by atoms with E-state index in [4.69, 9.17) is 9.15 Å². The number of aryl methyl sites for hydroxylation is 1. The molecule has 0 unspecified atom stereocenters. The number of rotatable bonds is 1. The van der Waals surface area contributed by atoms with Gasteiger partial charge in [-0.25, -0.2) is 0 Å². The average molecular weight is 300 g/mol. The third-order valence-electron chi connectivity index (χ3n) is 5.28. The first-order chi connectivity index (χ1) is 10.5. The van der Waals surface area contributed by atoms with E-state index in [0.29, 0.717) is 12.0 Å². The van der Waals surface area contributed by atoms with Crippen molar-refractivity contribution in [2.75, 3.05) is 0 Å². The molecule has 2 heterocycles. The minimum Gasteiger partial charge on any atom is -0.469 e. The predicted octanol–water partition coefficient (Wildman–Crippen LogP) is 5.23. The van der Waals surface area contributed by atoms with Crippen LogP contribution in [0.4, 0.5) is 0 Å². The Kier molecular flexibility index (Phi) is 4.31. The number of hydrogen-bond acceptors (Lipinski definition) is 2. The van der Waals surface area contributed by atoms with E-state index in [2.05, 4.69) is 39.5 Å². The van der Waals surface area contributed by atoms with Gasteiger partial charge < -0.3 is 9.15 Å². The van der Waals surface area contributed by atoms with Gasteiger partial charge in [0, 0.05) is 6.42 Å². The zero-order valence-corrected chi connectivity index (χ0v) is 14.2. The maximum Gasteiger partial charge on any atom is 0.107 e. The van der Waals surface area contributed by atoms with Crippen molar-refractivity contribution in [1.82, 2.24) is 0 Å². The first kappa shape index (κ1) is 15.6. The second-order valence-electron chi connectivity index (χ2n) is 7.42. The van der Waals surface area contributed by atoms with Gasteiger partial charge in [-0.15, -0.1) is 0 Å². The lowest BCUT2D eigenvalue weighted by Crippen LogP contribution is -2.16. The van der Waals surface area contributed by atoms with Gasteiger partial charge in [0.2, 0.25) is 0 Å². The summed E-state index contributed by atoms with van der Waals surface area (Å²) in [5, 5.41) is 0. The lowest BCUT2D eigenvalue weighted by atomic mass is 9.86. The molecule has 2 aliphatic rings. The first-order valence-electron chi connectivity index (χ1n) is 8.51. The highest BCUT2D eigenvalue weighted by molar-refractivity contribution is 5.19. The quantitative estimate of drug-likeness (QED) is 0.524. The molecular weight excluding hydrogens is 272 g/mol. The molecule has 0 saturated carbocycles. The molecule has 22 heavy (non-hydrogen) atoms. The van der Waals surface area contributed by atoms with Crippen molar-refractivity contribution in [1.29, 1.82) is 0 Å². The highest BCUT2D eigenvalue weighted by atomic mass is 16.6. The third kappa shape index (κ3) is 3.55. The summed E-state index contributed by atoms with van der Waals surface area (Å²) in [6.07, 6.45) is 11.1. The van der Waals surface area contributed by atoms with E-state index in [-0.39, 0.29) is 5.60 Å². The molecule has 3 atom stereocenters. The molecule has 1 aromatic heterocycles. The fourth-order valence-electron chi connectivity index (χ4n) is 3.55. The van der Waals surface area contributed by atoms with Crippen molar-refractivity contribution in [3.05, 3.63) is 47.5 Å². The standard InChI is InChI=1S/C20H28O2/c1-14(2)17-9-8-15(3)6-5-7-16-10-18(21-13-16)12-20(4)19(11-17)22-20/h6,10,13,17,19H,1,5,7-9,11-12H2,2-4H3/b15-6+/t17-,19+,20+/m1/s1. The van der Waals surface area contributed by atoms with E-state index in [9.17, 15) is 0 Å². The fraction of sp³-hybridized carbons (Fsp3) is 0.600. The minimum atomic E-state index is -0.0438. The molecule has 2 bridgehead atoms. The van der Waals surface area contributed by atoms with Crippen LogP contribution in [0, 0.1) is 5.92 Å². The molecule has 1 aromatic rings. The predicted molar refractivity (Wildman–Crippen MR) is 89.9 cm³/mol. The summed E-state index contributed by atoms with van der Waals surface area (Å²) in [6.45, 7) is 10.8. The molecule has 0 aromatic carbocycles. The maximum atomic E-state index is 6.04. The van der Waals surface area contributed by atoms with Crippen molar-refractivity contribution in [2.24, 2.45) is 5.92 Å². The highest BCUT2D eigenvalue weighted by Crippen LogP contribution is 2.44. The lowest BCUT2D eigenvalue weighted by molar-refractivity contribution is 0.287. The topological polar surface area (TPSA) is 25.7 Å². The molecule has 120 valence electrons. The molecule has 2 heteroatoms. The van der Waals surface area contributed by atoms with Crippen molar-refractivity contribution < 1.29 is 9.15 Å². The smallest absolute Gasteiger partial charge is 0.107 e. The zero-order valence-electron chi connectivity index (χ0n) is 14.2. The lowest BCUT2D eigenvalue weighted by Gasteiger charge is -2.17. The summed E-state index contributed by atoms with van der Waals surface area (Å²) in [6, 6.07) is 2.20. The normalized spacial score (nSPS) is 35.0. The summed E-state index contributed by atoms with van der Waals surface area (Å²) in [7, 11) is 0. The Balaban J connectivity index is 1.78. The van der Waals surface area contributed by atoms with E-state index in [0.717, 1.165) is 37.9 Å². The summed E-state index contributed by atoms with van der Waals surface area (Å²) in [4.78, 5) is 0.